The van der Waals surface area contributed by atoms with Crippen molar-refractivity contribution in [1.29, 1.82) is 0 Å². The Balaban J connectivity index is 2.19. The van der Waals surface area contributed by atoms with Crippen LogP contribution in [0.1, 0.15) is 51.9 Å². The lowest BCUT2D eigenvalue weighted by Gasteiger charge is -2.36. The minimum absolute atomic E-state index is 0.612. The molecule has 1 nitrogen and oxygen atoms in total. The molecule has 0 spiro atoms. The summed E-state index contributed by atoms with van der Waals surface area (Å²) in [5, 5.41) is 0. The highest BCUT2D eigenvalue weighted by atomic mass is 15.2. The Bertz CT molecular complexity index is 166. The molecule has 1 heteroatoms. The molecule has 0 aliphatic carbocycles. The highest BCUT2D eigenvalue weighted by Crippen LogP contribution is 2.43. The molecule has 2 aliphatic rings. The Morgan fingerprint density at radius 1 is 1.25 bits per heavy atom. The first-order chi connectivity index (χ1) is 5.78. The Labute approximate surface area is 76.1 Å². The zero-order valence-corrected chi connectivity index (χ0v) is 8.47. The van der Waals surface area contributed by atoms with Gasteiger partial charge in [0.1, 0.15) is 0 Å². The van der Waals surface area contributed by atoms with Gasteiger partial charge in [-0.15, -0.1) is 0 Å². The summed E-state index contributed by atoms with van der Waals surface area (Å²) in [6, 6.07) is 0.924. The summed E-state index contributed by atoms with van der Waals surface area (Å²) >= 11 is 0. The molecule has 0 aromatic rings. The van der Waals surface area contributed by atoms with Gasteiger partial charge in [-0.1, -0.05) is 19.8 Å². The van der Waals surface area contributed by atoms with Crippen LogP contribution in [0.2, 0.25) is 0 Å². The zero-order chi connectivity index (χ0) is 8.60. The van der Waals surface area contributed by atoms with Crippen LogP contribution in [0.15, 0.2) is 0 Å². The average molecular weight is 167 g/mol. The summed E-state index contributed by atoms with van der Waals surface area (Å²) < 4.78 is 0. The van der Waals surface area contributed by atoms with E-state index >= 15 is 0 Å². The third kappa shape index (κ3) is 1.10. The largest absolute Gasteiger partial charge is 0.298 e. The standard InChI is InChI=1S/C11H21N/c1-3-11-8-5-4-6-10(7-9-11)12(11)2/h10H,3-9H2,1-2H3. The van der Waals surface area contributed by atoms with E-state index in [2.05, 4.69) is 18.9 Å². The van der Waals surface area contributed by atoms with E-state index in [1.807, 2.05) is 0 Å². The number of fused-ring (bicyclic) bond motifs is 2. The van der Waals surface area contributed by atoms with Crippen molar-refractivity contribution in [2.45, 2.75) is 63.5 Å². The van der Waals surface area contributed by atoms with Gasteiger partial charge in [0.15, 0.2) is 0 Å². The highest BCUT2D eigenvalue weighted by molar-refractivity contribution is 4.99. The van der Waals surface area contributed by atoms with Crippen LogP contribution >= 0.6 is 0 Å². The van der Waals surface area contributed by atoms with Crippen molar-refractivity contribution in [3.8, 4) is 0 Å². The fourth-order valence-corrected chi connectivity index (χ4v) is 3.27. The SMILES string of the molecule is CCC12CCCCC(CC1)N2C. The smallest absolute Gasteiger partial charge is 0.0207 e. The van der Waals surface area contributed by atoms with Gasteiger partial charge in [0.05, 0.1) is 0 Å². The van der Waals surface area contributed by atoms with E-state index in [0.717, 1.165) is 6.04 Å². The first kappa shape index (κ1) is 8.55. The van der Waals surface area contributed by atoms with E-state index in [-0.39, 0.29) is 0 Å². The number of nitrogens with zero attached hydrogens (tertiary/aromatic N) is 1. The summed E-state index contributed by atoms with van der Waals surface area (Å²) in [4.78, 5) is 2.69. The molecule has 12 heavy (non-hydrogen) atoms. The molecule has 70 valence electrons. The maximum atomic E-state index is 2.69. The molecule has 2 aliphatic heterocycles. The molecule has 0 amide bonds. The van der Waals surface area contributed by atoms with Gasteiger partial charge in [-0.25, -0.2) is 0 Å². The molecule has 2 bridgehead atoms. The van der Waals surface area contributed by atoms with Crippen molar-refractivity contribution >= 4 is 0 Å². The predicted molar refractivity (Wildman–Crippen MR) is 52.3 cm³/mol. The van der Waals surface area contributed by atoms with Gasteiger partial charge in [0.25, 0.3) is 0 Å². The van der Waals surface area contributed by atoms with Crippen molar-refractivity contribution in [3.63, 3.8) is 0 Å². The van der Waals surface area contributed by atoms with E-state index in [0.29, 0.717) is 5.54 Å². The van der Waals surface area contributed by atoms with Crippen LogP contribution < -0.4 is 0 Å². The topological polar surface area (TPSA) is 3.24 Å². The van der Waals surface area contributed by atoms with Crippen LogP contribution in [0.25, 0.3) is 0 Å². The summed E-state index contributed by atoms with van der Waals surface area (Å²) in [5.74, 6) is 0. The van der Waals surface area contributed by atoms with Gasteiger partial charge in [0, 0.05) is 11.6 Å². The summed E-state index contributed by atoms with van der Waals surface area (Å²) in [6.45, 7) is 2.37. The van der Waals surface area contributed by atoms with Gasteiger partial charge >= 0.3 is 0 Å². The molecule has 2 saturated heterocycles. The highest BCUT2D eigenvalue weighted by Gasteiger charge is 2.43. The third-order valence-corrected chi connectivity index (χ3v) is 4.33. The number of hydrogen-bond acceptors (Lipinski definition) is 1. The van der Waals surface area contributed by atoms with Crippen molar-refractivity contribution in [2.24, 2.45) is 0 Å². The molecule has 2 unspecified atom stereocenters. The average Bonchev–Trinajstić information content (AvgIpc) is 2.24. The lowest BCUT2D eigenvalue weighted by Crippen LogP contribution is -2.42. The maximum Gasteiger partial charge on any atom is 0.0207 e. The lowest BCUT2D eigenvalue weighted by atomic mass is 9.86. The molecular formula is C11H21N. The van der Waals surface area contributed by atoms with E-state index in [4.69, 9.17) is 0 Å². The number of rotatable bonds is 1. The molecule has 2 heterocycles. The van der Waals surface area contributed by atoms with Crippen LogP contribution in [-0.4, -0.2) is 23.5 Å². The molecule has 2 fully saturated rings. The van der Waals surface area contributed by atoms with Gasteiger partial charge in [-0.3, -0.25) is 4.90 Å². The second-order valence-corrected chi connectivity index (χ2v) is 4.63. The third-order valence-electron chi connectivity index (χ3n) is 4.33. The fourth-order valence-electron chi connectivity index (χ4n) is 3.27. The predicted octanol–water partition coefficient (Wildman–Crippen LogP) is 2.80. The Kier molecular flexibility index (Phi) is 2.16. The second kappa shape index (κ2) is 3.02. The van der Waals surface area contributed by atoms with Gasteiger partial charge < -0.3 is 0 Å². The van der Waals surface area contributed by atoms with Gasteiger partial charge in [-0.05, 0) is 39.2 Å². The second-order valence-electron chi connectivity index (χ2n) is 4.63. The fraction of sp³-hybridized carbons (Fsp3) is 1.00. The van der Waals surface area contributed by atoms with E-state index in [9.17, 15) is 0 Å². The minimum atomic E-state index is 0.612. The molecular weight excluding hydrogens is 146 g/mol. The number of hydrogen-bond donors (Lipinski definition) is 0. The molecule has 0 aromatic heterocycles. The van der Waals surface area contributed by atoms with Crippen LogP contribution in [0.3, 0.4) is 0 Å². The van der Waals surface area contributed by atoms with E-state index in [1.165, 1.54) is 44.9 Å². The molecule has 0 aromatic carbocycles. The Morgan fingerprint density at radius 3 is 2.83 bits per heavy atom. The van der Waals surface area contributed by atoms with Gasteiger partial charge in [-0.2, -0.15) is 0 Å². The molecule has 0 radical (unpaired) electrons. The minimum Gasteiger partial charge on any atom is -0.298 e. The van der Waals surface area contributed by atoms with Crippen LogP contribution in [-0.2, 0) is 0 Å². The summed E-state index contributed by atoms with van der Waals surface area (Å²) in [5.41, 5.74) is 0.612. The van der Waals surface area contributed by atoms with Crippen molar-refractivity contribution in [2.75, 3.05) is 7.05 Å². The molecule has 0 N–H and O–H groups in total. The lowest BCUT2D eigenvalue weighted by molar-refractivity contribution is 0.130. The molecule has 2 atom stereocenters. The monoisotopic (exact) mass is 167 g/mol. The van der Waals surface area contributed by atoms with Gasteiger partial charge in [0.2, 0.25) is 0 Å². The normalized spacial score (nSPS) is 43.0. The Hall–Kier alpha value is -0.0400. The van der Waals surface area contributed by atoms with E-state index in [1.54, 1.807) is 0 Å². The summed E-state index contributed by atoms with van der Waals surface area (Å²) in [6.07, 6.45) is 10.1. The quantitative estimate of drug-likeness (QED) is 0.580. The zero-order valence-electron chi connectivity index (χ0n) is 8.47. The molecule has 2 rings (SSSR count). The van der Waals surface area contributed by atoms with Crippen LogP contribution in [0, 0.1) is 0 Å². The Morgan fingerprint density at radius 2 is 2.08 bits per heavy atom. The maximum absolute atomic E-state index is 2.69. The van der Waals surface area contributed by atoms with Crippen LogP contribution in [0.4, 0.5) is 0 Å². The van der Waals surface area contributed by atoms with Crippen LogP contribution in [0.5, 0.6) is 0 Å². The van der Waals surface area contributed by atoms with E-state index < -0.39 is 0 Å². The van der Waals surface area contributed by atoms with Crippen molar-refractivity contribution < 1.29 is 0 Å². The van der Waals surface area contributed by atoms with Crippen molar-refractivity contribution in [3.05, 3.63) is 0 Å². The first-order valence-electron chi connectivity index (χ1n) is 5.51. The van der Waals surface area contributed by atoms with Crippen molar-refractivity contribution in [1.82, 2.24) is 4.90 Å². The summed E-state index contributed by atoms with van der Waals surface area (Å²) in [7, 11) is 2.35. The molecule has 0 saturated carbocycles. The first-order valence-corrected chi connectivity index (χ1v) is 5.51.